The van der Waals surface area contributed by atoms with E-state index >= 15 is 0 Å². The fraction of sp³-hybridized carbons (Fsp3) is 0.105. The van der Waals surface area contributed by atoms with Crippen LogP contribution in [0.3, 0.4) is 0 Å². The largest absolute Gasteiger partial charge is 1.00 e. The topological polar surface area (TPSA) is 124 Å². The van der Waals surface area contributed by atoms with Crippen molar-refractivity contribution in [3.63, 3.8) is 0 Å². The molecule has 0 amide bonds. The van der Waals surface area contributed by atoms with E-state index in [1.54, 1.807) is 27.9 Å². The number of benzene rings is 2. The lowest BCUT2D eigenvalue weighted by Gasteiger charge is -2.02. The predicted molar refractivity (Wildman–Crippen MR) is 92.8 cm³/mol. The highest BCUT2D eigenvalue weighted by molar-refractivity contribution is 5.96. The molecule has 3 rings (SSSR count). The van der Waals surface area contributed by atoms with Gasteiger partial charge in [0.15, 0.2) is 36.1 Å². The molecule has 0 saturated carbocycles. The van der Waals surface area contributed by atoms with Crippen LogP contribution in [0.1, 0.15) is 20.7 Å². The predicted octanol–water partition coefficient (Wildman–Crippen LogP) is -1.63. The van der Waals surface area contributed by atoms with Gasteiger partial charge in [-0.3, -0.25) is 9.59 Å². The second kappa shape index (κ2) is 8.57. The zero-order valence-electron chi connectivity index (χ0n) is 14.5. The van der Waals surface area contributed by atoms with Gasteiger partial charge >= 0.3 is 0 Å². The molecule has 0 atom stereocenters. The Morgan fingerprint density at radius 3 is 1.89 bits per heavy atom. The van der Waals surface area contributed by atoms with Crippen molar-refractivity contribution >= 4 is 11.6 Å². The van der Waals surface area contributed by atoms with Gasteiger partial charge in [0.1, 0.15) is 12.4 Å². The van der Waals surface area contributed by atoms with Crippen molar-refractivity contribution in [2.24, 2.45) is 0 Å². The van der Waals surface area contributed by atoms with E-state index in [1.807, 2.05) is 0 Å². The summed E-state index contributed by atoms with van der Waals surface area (Å²) in [7, 11) is 0. The summed E-state index contributed by atoms with van der Waals surface area (Å²) >= 11 is 0. The van der Waals surface area contributed by atoms with Crippen molar-refractivity contribution in [2.75, 3.05) is 0 Å². The first-order valence-electron chi connectivity index (χ1n) is 7.98. The first-order valence-corrected chi connectivity index (χ1v) is 7.98. The first kappa shape index (κ1) is 21.0. The Balaban J connectivity index is 0.00000280. The number of hydrogen-bond acceptors (Lipinski definition) is 6. The Kier molecular flexibility index (Phi) is 6.42. The second-order valence-corrected chi connectivity index (χ2v) is 6.01. The number of ketones is 2. The summed E-state index contributed by atoms with van der Waals surface area (Å²) in [5, 5.41) is 37.6. The van der Waals surface area contributed by atoms with Gasteiger partial charge in [-0.2, -0.15) is 0 Å². The van der Waals surface area contributed by atoms with Crippen LogP contribution in [0.15, 0.2) is 55.1 Å². The molecule has 1 aromatic heterocycles. The molecule has 0 radical (unpaired) electrons. The van der Waals surface area contributed by atoms with Crippen LogP contribution in [-0.4, -0.2) is 36.6 Å². The maximum Gasteiger partial charge on any atom is 0.244 e. The van der Waals surface area contributed by atoms with Gasteiger partial charge < -0.3 is 37.4 Å². The lowest BCUT2D eigenvalue weighted by Crippen LogP contribution is -3.00. The highest BCUT2D eigenvalue weighted by Gasteiger charge is 2.16. The number of halogens is 1. The minimum atomic E-state index is -0.369. The summed E-state index contributed by atoms with van der Waals surface area (Å²) in [6.45, 7) is -0.0171. The maximum absolute atomic E-state index is 12.3. The molecule has 3 aromatic rings. The van der Waals surface area contributed by atoms with Gasteiger partial charge in [-0.25, -0.2) is 9.13 Å². The molecular formula is C19H17BrN2O6. The number of hydrogen-bond donors (Lipinski definition) is 4. The number of rotatable bonds is 6. The Labute approximate surface area is 170 Å². The third-order valence-electron chi connectivity index (χ3n) is 3.99. The Bertz CT molecular complexity index is 951. The Morgan fingerprint density at radius 1 is 0.821 bits per heavy atom. The number of phenolic OH excluding ortho intramolecular Hbond substituents is 4. The number of nitrogens with zero attached hydrogens (tertiary/aromatic N) is 2. The third kappa shape index (κ3) is 4.68. The molecule has 0 spiro atoms. The number of carbonyl (C=O) groups is 2. The molecule has 0 bridgehead atoms. The third-order valence-corrected chi connectivity index (χ3v) is 3.99. The molecule has 0 aliphatic carbocycles. The molecule has 0 saturated heterocycles. The lowest BCUT2D eigenvalue weighted by atomic mass is 10.1. The van der Waals surface area contributed by atoms with Crippen LogP contribution in [0.4, 0.5) is 0 Å². The standard InChI is InChI=1S/C19H16N2O6.BrH/c22-14-3-1-12(7-16(14)24)18(26)9-20-5-6-21(11-20)10-19(27)13-2-4-15(23)17(25)8-13;/h1-8,11H,9-10H2,(H3-,22,23,24,25,26,27);1H. The molecule has 0 fully saturated rings. The van der Waals surface area contributed by atoms with Crippen LogP contribution in [0.5, 0.6) is 23.0 Å². The van der Waals surface area contributed by atoms with E-state index < -0.39 is 0 Å². The summed E-state index contributed by atoms with van der Waals surface area (Å²) in [4.78, 5) is 24.5. The molecule has 4 N–H and O–H groups in total. The molecule has 28 heavy (non-hydrogen) atoms. The Morgan fingerprint density at radius 2 is 1.36 bits per heavy atom. The fourth-order valence-corrected chi connectivity index (χ4v) is 2.53. The summed E-state index contributed by atoms with van der Waals surface area (Å²) in [6, 6.07) is 7.69. The molecule has 2 aromatic carbocycles. The summed E-state index contributed by atoms with van der Waals surface area (Å²) in [6.07, 6.45) is 4.83. The number of aromatic hydroxyl groups is 4. The SMILES string of the molecule is O=C(Cn1cc[n+](CC(=O)c2ccc(O)c(O)c2)c1)c1ccc(O)c(O)c1.[Br-]. The van der Waals surface area contributed by atoms with Crippen molar-refractivity contribution in [3.8, 4) is 23.0 Å². The minimum absolute atomic E-state index is 0. The van der Waals surface area contributed by atoms with Crippen LogP contribution in [-0.2, 0) is 13.1 Å². The van der Waals surface area contributed by atoms with Crippen LogP contribution in [0.25, 0.3) is 0 Å². The van der Waals surface area contributed by atoms with Crippen LogP contribution < -0.4 is 21.5 Å². The van der Waals surface area contributed by atoms with Crippen LogP contribution in [0, 0.1) is 0 Å². The zero-order valence-corrected chi connectivity index (χ0v) is 16.1. The molecule has 1 heterocycles. The Hall–Kier alpha value is -3.33. The van der Waals surface area contributed by atoms with E-state index in [9.17, 15) is 30.0 Å². The highest BCUT2D eigenvalue weighted by atomic mass is 79.9. The van der Waals surface area contributed by atoms with Crippen molar-refractivity contribution in [1.29, 1.82) is 0 Å². The normalized spacial score (nSPS) is 10.3. The molecule has 8 nitrogen and oxygen atoms in total. The summed E-state index contributed by atoms with van der Waals surface area (Å²) in [5.74, 6) is -1.89. The van der Waals surface area contributed by atoms with E-state index in [0.717, 1.165) is 0 Å². The van der Waals surface area contributed by atoms with E-state index in [1.165, 1.54) is 36.4 Å². The van der Waals surface area contributed by atoms with Crippen molar-refractivity contribution in [3.05, 3.63) is 66.2 Å². The van der Waals surface area contributed by atoms with Gasteiger partial charge in [0.05, 0.1) is 0 Å². The average Bonchev–Trinajstić information content (AvgIpc) is 3.06. The number of aromatic nitrogens is 2. The summed E-state index contributed by atoms with van der Waals surface area (Å²) < 4.78 is 3.15. The van der Waals surface area contributed by atoms with Gasteiger partial charge in [0.25, 0.3) is 0 Å². The molecule has 0 aliphatic rings. The summed E-state index contributed by atoms with van der Waals surface area (Å²) in [5.41, 5.74) is 0.502. The average molecular weight is 449 g/mol. The van der Waals surface area contributed by atoms with E-state index in [4.69, 9.17) is 0 Å². The van der Waals surface area contributed by atoms with Crippen molar-refractivity contribution in [2.45, 2.75) is 13.1 Å². The zero-order chi connectivity index (χ0) is 19.6. The van der Waals surface area contributed by atoms with Gasteiger partial charge in [-0.05, 0) is 36.4 Å². The van der Waals surface area contributed by atoms with Crippen molar-refractivity contribution < 1.29 is 51.6 Å². The van der Waals surface area contributed by atoms with Crippen LogP contribution >= 0.6 is 0 Å². The molecular weight excluding hydrogens is 432 g/mol. The quantitative estimate of drug-likeness (QED) is 0.204. The van der Waals surface area contributed by atoms with E-state index in [2.05, 4.69) is 0 Å². The highest BCUT2D eigenvalue weighted by Crippen LogP contribution is 2.26. The number of Topliss-reactive ketones (excluding diaryl/α,β-unsaturated/α-hetero) is 2. The molecule has 146 valence electrons. The number of carbonyl (C=O) groups excluding carboxylic acids is 2. The molecule has 9 heteroatoms. The molecule has 0 unspecified atom stereocenters. The minimum Gasteiger partial charge on any atom is -1.00 e. The lowest BCUT2D eigenvalue weighted by molar-refractivity contribution is -0.682. The molecule has 0 aliphatic heterocycles. The number of phenols is 4. The fourth-order valence-electron chi connectivity index (χ4n) is 2.53. The van der Waals surface area contributed by atoms with E-state index in [0.29, 0.717) is 0 Å². The smallest absolute Gasteiger partial charge is 0.244 e. The van der Waals surface area contributed by atoms with Gasteiger partial charge in [-0.15, -0.1) is 0 Å². The second-order valence-electron chi connectivity index (χ2n) is 6.01. The first-order chi connectivity index (χ1) is 12.8. The maximum atomic E-state index is 12.3. The monoisotopic (exact) mass is 448 g/mol. The van der Waals surface area contributed by atoms with Crippen molar-refractivity contribution in [1.82, 2.24) is 4.57 Å². The van der Waals surface area contributed by atoms with E-state index in [-0.39, 0.29) is 75.8 Å². The van der Waals surface area contributed by atoms with Crippen LogP contribution in [0.2, 0.25) is 0 Å². The van der Waals surface area contributed by atoms with Gasteiger partial charge in [-0.1, -0.05) is 0 Å². The van der Waals surface area contributed by atoms with Gasteiger partial charge in [0, 0.05) is 11.1 Å². The number of imidazole rings is 1. The van der Waals surface area contributed by atoms with Gasteiger partial charge in [0.2, 0.25) is 17.9 Å².